The molecule has 2 atom stereocenters. The lowest BCUT2D eigenvalue weighted by atomic mass is 9.91. The van der Waals surface area contributed by atoms with Gasteiger partial charge in [0.2, 0.25) is 0 Å². The van der Waals surface area contributed by atoms with Gasteiger partial charge in [-0.25, -0.2) is 0 Å². The highest BCUT2D eigenvalue weighted by atomic mass is 32.1. The van der Waals surface area contributed by atoms with E-state index in [-0.39, 0.29) is 11.9 Å². The first kappa shape index (κ1) is 15.5. The normalized spacial score (nSPS) is 21.6. The lowest BCUT2D eigenvalue weighted by Gasteiger charge is -2.35. The summed E-state index contributed by atoms with van der Waals surface area (Å²) in [5.41, 5.74) is 0.772. The molecular formula is C15H24N2O2S. The molecular weight excluding hydrogens is 272 g/mol. The monoisotopic (exact) mass is 296 g/mol. The minimum atomic E-state index is 0.0489. The molecule has 0 spiro atoms. The van der Waals surface area contributed by atoms with Crippen molar-refractivity contribution in [3.8, 4) is 0 Å². The average molecular weight is 296 g/mol. The van der Waals surface area contributed by atoms with Crippen LogP contribution in [0.25, 0.3) is 0 Å². The fourth-order valence-corrected chi connectivity index (χ4v) is 3.36. The topological polar surface area (TPSA) is 41.6 Å². The lowest BCUT2D eigenvalue weighted by molar-refractivity contribution is 0.0855. The van der Waals surface area contributed by atoms with Crippen LogP contribution in [0.5, 0.6) is 0 Å². The maximum Gasteiger partial charge on any atom is 0.252 e. The maximum atomic E-state index is 12.1. The SMILES string of the molecule is COCCN1CCC[C@H]([C@@H](C)NC(=O)c2ccsc2)C1. The predicted molar refractivity (Wildman–Crippen MR) is 82.3 cm³/mol. The highest BCUT2D eigenvalue weighted by molar-refractivity contribution is 7.08. The number of piperidine rings is 1. The molecule has 1 aliphatic rings. The van der Waals surface area contributed by atoms with Gasteiger partial charge in [0.25, 0.3) is 5.91 Å². The number of thiophene rings is 1. The van der Waals surface area contributed by atoms with Gasteiger partial charge >= 0.3 is 0 Å². The number of nitrogens with zero attached hydrogens (tertiary/aromatic N) is 1. The molecule has 0 radical (unpaired) electrons. The summed E-state index contributed by atoms with van der Waals surface area (Å²) in [5, 5.41) is 6.97. The quantitative estimate of drug-likeness (QED) is 0.875. The first-order valence-electron chi connectivity index (χ1n) is 7.25. The molecule has 2 heterocycles. The van der Waals surface area contributed by atoms with E-state index in [0.717, 1.165) is 31.8 Å². The molecule has 112 valence electrons. The van der Waals surface area contributed by atoms with Gasteiger partial charge in [-0.3, -0.25) is 4.79 Å². The third-order valence-electron chi connectivity index (χ3n) is 4.00. The molecule has 1 saturated heterocycles. The fraction of sp³-hybridized carbons (Fsp3) is 0.667. The second-order valence-corrected chi connectivity index (χ2v) is 6.25. The number of hydrogen-bond acceptors (Lipinski definition) is 4. The molecule has 1 aliphatic heterocycles. The largest absolute Gasteiger partial charge is 0.383 e. The summed E-state index contributed by atoms with van der Waals surface area (Å²) in [5.74, 6) is 0.580. The molecule has 1 N–H and O–H groups in total. The van der Waals surface area contributed by atoms with Crippen LogP contribution in [0.1, 0.15) is 30.1 Å². The molecule has 1 aromatic heterocycles. The van der Waals surface area contributed by atoms with Gasteiger partial charge in [0.1, 0.15) is 0 Å². The molecule has 5 heteroatoms. The summed E-state index contributed by atoms with van der Waals surface area (Å²) >= 11 is 1.56. The zero-order chi connectivity index (χ0) is 14.4. The minimum Gasteiger partial charge on any atom is -0.383 e. The van der Waals surface area contributed by atoms with E-state index in [1.807, 2.05) is 16.8 Å². The first-order chi connectivity index (χ1) is 9.70. The number of methoxy groups -OCH3 is 1. The number of carbonyl (C=O) groups is 1. The summed E-state index contributed by atoms with van der Waals surface area (Å²) in [6.45, 7) is 6.08. The number of amides is 1. The van der Waals surface area contributed by atoms with Crippen molar-refractivity contribution in [1.29, 1.82) is 0 Å². The van der Waals surface area contributed by atoms with Crippen molar-refractivity contribution in [2.45, 2.75) is 25.8 Å². The number of likely N-dealkylation sites (tertiary alicyclic amines) is 1. The number of ether oxygens (including phenoxy) is 1. The zero-order valence-corrected chi connectivity index (χ0v) is 13.1. The van der Waals surface area contributed by atoms with Crippen LogP contribution in [0.4, 0.5) is 0 Å². The van der Waals surface area contributed by atoms with Gasteiger partial charge in [0, 0.05) is 37.2 Å². The summed E-state index contributed by atoms with van der Waals surface area (Å²) in [6, 6.07) is 2.09. The van der Waals surface area contributed by atoms with Gasteiger partial charge in [0.15, 0.2) is 0 Å². The second kappa shape index (κ2) is 7.76. The van der Waals surface area contributed by atoms with E-state index in [2.05, 4.69) is 17.1 Å². The molecule has 1 aromatic rings. The predicted octanol–water partition coefficient (Wildman–Crippen LogP) is 2.22. The van der Waals surface area contributed by atoms with Crippen LogP contribution in [0, 0.1) is 5.92 Å². The second-order valence-electron chi connectivity index (χ2n) is 5.47. The van der Waals surface area contributed by atoms with E-state index in [0.29, 0.717) is 5.92 Å². The van der Waals surface area contributed by atoms with E-state index in [9.17, 15) is 4.79 Å². The standard InChI is InChI=1S/C15H24N2O2S/c1-12(16-15(18)14-5-9-20-11-14)13-4-3-6-17(10-13)7-8-19-2/h5,9,11-13H,3-4,6-8,10H2,1-2H3,(H,16,18)/t12-,13+/m1/s1. The average Bonchev–Trinajstić information content (AvgIpc) is 2.99. The van der Waals surface area contributed by atoms with Crippen LogP contribution in [-0.2, 0) is 4.74 Å². The Hall–Kier alpha value is -0.910. The van der Waals surface area contributed by atoms with E-state index in [4.69, 9.17) is 4.74 Å². The Labute approximate surface area is 125 Å². The third-order valence-corrected chi connectivity index (χ3v) is 4.69. The van der Waals surface area contributed by atoms with Crippen LogP contribution in [0.3, 0.4) is 0 Å². The molecule has 0 aromatic carbocycles. The molecule has 4 nitrogen and oxygen atoms in total. The maximum absolute atomic E-state index is 12.1. The summed E-state index contributed by atoms with van der Waals surface area (Å²) < 4.78 is 5.14. The minimum absolute atomic E-state index is 0.0489. The van der Waals surface area contributed by atoms with Crippen molar-refractivity contribution >= 4 is 17.2 Å². The Balaban J connectivity index is 1.82. The van der Waals surface area contributed by atoms with Gasteiger partial charge in [-0.2, -0.15) is 11.3 Å². The Kier molecular flexibility index (Phi) is 6.01. The Morgan fingerprint density at radius 1 is 1.65 bits per heavy atom. The number of hydrogen-bond donors (Lipinski definition) is 1. The highest BCUT2D eigenvalue weighted by Crippen LogP contribution is 2.20. The third kappa shape index (κ3) is 4.30. The number of nitrogens with one attached hydrogen (secondary N) is 1. The van der Waals surface area contributed by atoms with Crippen LogP contribution in [0.2, 0.25) is 0 Å². The Morgan fingerprint density at radius 3 is 3.20 bits per heavy atom. The Morgan fingerprint density at radius 2 is 2.50 bits per heavy atom. The zero-order valence-electron chi connectivity index (χ0n) is 12.3. The van der Waals surface area contributed by atoms with Crippen LogP contribution < -0.4 is 5.32 Å². The molecule has 0 bridgehead atoms. The molecule has 0 aliphatic carbocycles. The smallest absolute Gasteiger partial charge is 0.252 e. The lowest BCUT2D eigenvalue weighted by Crippen LogP contribution is -2.46. The van der Waals surface area contributed by atoms with Gasteiger partial charge < -0.3 is 15.0 Å². The van der Waals surface area contributed by atoms with Crippen molar-refractivity contribution in [3.05, 3.63) is 22.4 Å². The highest BCUT2D eigenvalue weighted by Gasteiger charge is 2.25. The Bertz CT molecular complexity index is 408. The number of carbonyl (C=O) groups excluding carboxylic acids is 1. The van der Waals surface area contributed by atoms with Crippen molar-refractivity contribution in [3.63, 3.8) is 0 Å². The van der Waals surface area contributed by atoms with Gasteiger partial charge in [-0.05, 0) is 43.7 Å². The summed E-state index contributed by atoms with van der Waals surface area (Å²) in [4.78, 5) is 14.5. The summed E-state index contributed by atoms with van der Waals surface area (Å²) in [7, 11) is 1.74. The van der Waals surface area contributed by atoms with Crippen molar-refractivity contribution in [2.24, 2.45) is 5.92 Å². The molecule has 20 heavy (non-hydrogen) atoms. The molecule has 2 rings (SSSR count). The number of rotatable bonds is 6. The van der Waals surface area contributed by atoms with Crippen LogP contribution >= 0.6 is 11.3 Å². The molecule has 0 unspecified atom stereocenters. The molecule has 0 saturated carbocycles. The van der Waals surface area contributed by atoms with Crippen LogP contribution in [0.15, 0.2) is 16.8 Å². The van der Waals surface area contributed by atoms with E-state index in [1.165, 1.54) is 12.8 Å². The van der Waals surface area contributed by atoms with Crippen molar-refractivity contribution < 1.29 is 9.53 Å². The van der Waals surface area contributed by atoms with E-state index in [1.54, 1.807) is 18.4 Å². The molecule has 1 amide bonds. The van der Waals surface area contributed by atoms with Gasteiger partial charge in [-0.15, -0.1) is 0 Å². The van der Waals surface area contributed by atoms with Gasteiger partial charge in [-0.1, -0.05) is 0 Å². The molecule has 1 fully saturated rings. The fourth-order valence-electron chi connectivity index (χ4n) is 2.72. The van der Waals surface area contributed by atoms with Crippen molar-refractivity contribution in [2.75, 3.05) is 33.4 Å². The van der Waals surface area contributed by atoms with Gasteiger partial charge in [0.05, 0.1) is 6.61 Å². The van der Waals surface area contributed by atoms with E-state index < -0.39 is 0 Å². The van der Waals surface area contributed by atoms with Crippen LogP contribution in [-0.4, -0.2) is 50.2 Å². The van der Waals surface area contributed by atoms with E-state index >= 15 is 0 Å². The summed E-state index contributed by atoms with van der Waals surface area (Å²) in [6.07, 6.45) is 2.39. The van der Waals surface area contributed by atoms with Crippen molar-refractivity contribution in [1.82, 2.24) is 10.2 Å². The first-order valence-corrected chi connectivity index (χ1v) is 8.19.